The lowest BCUT2D eigenvalue weighted by Gasteiger charge is -1.97. The van der Waals surface area contributed by atoms with Gasteiger partial charge in [-0.3, -0.25) is 0 Å². The second-order valence-corrected chi connectivity index (χ2v) is 9.20. The molecule has 0 atom stereocenters. The number of aromatic nitrogens is 2. The van der Waals surface area contributed by atoms with E-state index in [1.165, 1.54) is 30.5 Å². The van der Waals surface area contributed by atoms with Crippen LogP contribution in [0.25, 0.3) is 20.4 Å². The maximum Gasteiger partial charge on any atom is 0.0941 e. The van der Waals surface area contributed by atoms with Crippen molar-refractivity contribution in [3.63, 3.8) is 0 Å². The third kappa shape index (κ3) is 3.84. The fourth-order valence-corrected chi connectivity index (χ4v) is 5.41. The standard InChI is InChI=1S/C24H20N2S2/c1-3-7-17(8-4-1)11-13-23-25-19-15-22-20(16-21(19)27-23)26-24(28-22)14-12-18-9-5-2-6-10-18/h1-10,15-16H,11-14H2. The van der Waals surface area contributed by atoms with Crippen LogP contribution in [0.2, 0.25) is 0 Å². The van der Waals surface area contributed by atoms with Crippen molar-refractivity contribution in [1.29, 1.82) is 0 Å². The number of hydrogen-bond donors (Lipinski definition) is 0. The summed E-state index contributed by atoms with van der Waals surface area (Å²) in [6.45, 7) is 0. The molecule has 0 N–H and O–H groups in total. The highest BCUT2D eigenvalue weighted by Crippen LogP contribution is 2.31. The number of hydrogen-bond acceptors (Lipinski definition) is 4. The minimum atomic E-state index is 0.993. The van der Waals surface area contributed by atoms with Crippen LogP contribution in [0.5, 0.6) is 0 Å². The van der Waals surface area contributed by atoms with Gasteiger partial charge in [0.1, 0.15) is 0 Å². The summed E-state index contributed by atoms with van der Waals surface area (Å²) in [7, 11) is 0. The first-order valence-electron chi connectivity index (χ1n) is 9.60. The molecule has 4 heteroatoms. The fourth-order valence-electron chi connectivity index (χ4n) is 3.45. The third-order valence-electron chi connectivity index (χ3n) is 4.93. The van der Waals surface area contributed by atoms with Crippen molar-refractivity contribution in [3.05, 3.63) is 93.9 Å². The van der Waals surface area contributed by atoms with Crippen LogP contribution in [0.3, 0.4) is 0 Å². The molecule has 0 radical (unpaired) electrons. The Bertz CT molecular complexity index is 1060. The molecule has 3 aromatic carbocycles. The molecule has 0 fully saturated rings. The highest BCUT2D eigenvalue weighted by atomic mass is 32.1. The summed E-state index contributed by atoms with van der Waals surface area (Å²) in [6, 6.07) is 25.7. The molecule has 2 aromatic heterocycles. The van der Waals surface area contributed by atoms with Crippen LogP contribution in [-0.2, 0) is 25.7 Å². The van der Waals surface area contributed by atoms with Crippen molar-refractivity contribution >= 4 is 43.1 Å². The number of benzene rings is 3. The Kier molecular flexibility index (Phi) is 4.90. The van der Waals surface area contributed by atoms with E-state index in [-0.39, 0.29) is 0 Å². The fraction of sp³-hybridized carbons (Fsp3) is 0.167. The molecule has 0 spiro atoms. The zero-order valence-electron chi connectivity index (χ0n) is 15.5. The normalized spacial score (nSPS) is 11.4. The predicted octanol–water partition coefficient (Wildman–Crippen LogP) is 6.48. The molecular weight excluding hydrogens is 380 g/mol. The van der Waals surface area contributed by atoms with Crippen molar-refractivity contribution in [2.24, 2.45) is 0 Å². The van der Waals surface area contributed by atoms with Gasteiger partial charge in [-0.1, -0.05) is 60.7 Å². The zero-order valence-corrected chi connectivity index (χ0v) is 17.1. The van der Waals surface area contributed by atoms with Gasteiger partial charge in [-0.05, 0) is 36.1 Å². The van der Waals surface area contributed by atoms with Crippen molar-refractivity contribution in [3.8, 4) is 0 Å². The first-order chi connectivity index (χ1) is 13.8. The molecular formula is C24H20N2S2. The molecule has 28 heavy (non-hydrogen) atoms. The Hall–Kier alpha value is -2.56. The van der Waals surface area contributed by atoms with Crippen LogP contribution in [0.1, 0.15) is 21.1 Å². The van der Waals surface area contributed by atoms with Gasteiger partial charge in [0.15, 0.2) is 0 Å². The lowest BCUT2D eigenvalue weighted by Crippen LogP contribution is -1.89. The van der Waals surface area contributed by atoms with E-state index in [2.05, 4.69) is 72.8 Å². The molecule has 138 valence electrons. The molecule has 0 amide bonds. The number of fused-ring (bicyclic) bond motifs is 2. The number of nitrogens with zero attached hydrogens (tertiary/aromatic N) is 2. The van der Waals surface area contributed by atoms with Gasteiger partial charge in [0, 0.05) is 12.8 Å². The van der Waals surface area contributed by atoms with Crippen molar-refractivity contribution < 1.29 is 0 Å². The van der Waals surface area contributed by atoms with Crippen molar-refractivity contribution in [2.45, 2.75) is 25.7 Å². The summed E-state index contributed by atoms with van der Waals surface area (Å²) < 4.78 is 2.49. The van der Waals surface area contributed by atoms with Crippen LogP contribution in [-0.4, -0.2) is 9.97 Å². The summed E-state index contributed by atoms with van der Waals surface area (Å²) in [6.07, 6.45) is 4.06. The zero-order chi connectivity index (χ0) is 18.8. The molecule has 0 aliphatic heterocycles. The molecule has 5 rings (SSSR count). The summed E-state index contributed by atoms with van der Waals surface area (Å²) >= 11 is 3.61. The smallest absolute Gasteiger partial charge is 0.0941 e. The van der Waals surface area contributed by atoms with E-state index >= 15 is 0 Å². The first-order valence-corrected chi connectivity index (χ1v) is 11.2. The van der Waals surface area contributed by atoms with E-state index < -0.39 is 0 Å². The second kappa shape index (κ2) is 7.82. The largest absolute Gasteiger partial charge is 0.241 e. The van der Waals surface area contributed by atoms with Gasteiger partial charge in [0.2, 0.25) is 0 Å². The van der Waals surface area contributed by atoms with Gasteiger partial charge in [0.25, 0.3) is 0 Å². The quantitative estimate of drug-likeness (QED) is 0.326. The van der Waals surface area contributed by atoms with Gasteiger partial charge in [-0.25, -0.2) is 9.97 Å². The summed E-state index contributed by atoms with van der Waals surface area (Å²) in [5.74, 6) is 0. The topological polar surface area (TPSA) is 25.8 Å². The minimum Gasteiger partial charge on any atom is -0.241 e. The number of aryl methyl sites for hydroxylation is 4. The Morgan fingerprint density at radius 3 is 1.39 bits per heavy atom. The van der Waals surface area contributed by atoms with Crippen LogP contribution in [0.4, 0.5) is 0 Å². The van der Waals surface area contributed by atoms with Crippen LogP contribution in [0, 0.1) is 0 Å². The lowest BCUT2D eigenvalue weighted by atomic mass is 10.1. The average molecular weight is 401 g/mol. The average Bonchev–Trinajstić information content (AvgIpc) is 3.32. The first kappa shape index (κ1) is 17.5. The Balaban J connectivity index is 1.33. The minimum absolute atomic E-state index is 0.993. The highest BCUT2D eigenvalue weighted by molar-refractivity contribution is 7.20. The molecule has 0 bridgehead atoms. The predicted molar refractivity (Wildman–Crippen MR) is 120 cm³/mol. The summed E-state index contributed by atoms with van der Waals surface area (Å²) in [4.78, 5) is 9.76. The van der Waals surface area contributed by atoms with E-state index in [0.717, 1.165) is 36.7 Å². The lowest BCUT2D eigenvalue weighted by molar-refractivity contribution is 0.949. The third-order valence-corrected chi connectivity index (χ3v) is 7.08. The second-order valence-electron chi connectivity index (χ2n) is 6.97. The van der Waals surface area contributed by atoms with E-state index in [4.69, 9.17) is 9.97 Å². The van der Waals surface area contributed by atoms with E-state index in [9.17, 15) is 0 Å². The van der Waals surface area contributed by atoms with Gasteiger partial charge >= 0.3 is 0 Å². The molecule has 0 saturated carbocycles. The van der Waals surface area contributed by atoms with Crippen LogP contribution >= 0.6 is 22.7 Å². The van der Waals surface area contributed by atoms with E-state index in [1.807, 2.05) is 0 Å². The summed E-state index contributed by atoms with van der Waals surface area (Å²) in [5, 5.41) is 2.42. The molecule has 2 nitrogen and oxygen atoms in total. The van der Waals surface area contributed by atoms with Gasteiger partial charge < -0.3 is 0 Å². The SMILES string of the molecule is c1ccc(CCc2nc3cc4sc(CCc5ccccc5)nc4cc3s2)cc1. The molecule has 0 aliphatic carbocycles. The number of thiazole rings is 2. The Morgan fingerprint density at radius 1 is 0.536 bits per heavy atom. The Morgan fingerprint density at radius 2 is 0.964 bits per heavy atom. The molecule has 0 unspecified atom stereocenters. The summed E-state index contributed by atoms with van der Waals surface area (Å²) in [5.41, 5.74) is 4.96. The number of rotatable bonds is 6. The van der Waals surface area contributed by atoms with Crippen LogP contribution in [0.15, 0.2) is 72.8 Å². The molecule has 2 heterocycles. The van der Waals surface area contributed by atoms with Crippen molar-refractivity contribution in [2.75, 3.05) is 0 Å². The highest BCUT2D eigenvalue weighted by Gasteiger charge is 2.10. The van der Waals surface area contributed by atoms with Gasteiger partial charge in [0.05, 0.1) is 30.4 Å². The van der Waals surface area contributed by atoms with Gasteiger partial charge in [-0.15, -0.1) is 22.7 Å². The van der Waals surface area contributed by atoms with E-state index in [1.54, 1.807) is 22.7 Å². The maximum atomic E-state index is 4.88. The molecule has 5 aromatic rings. The van der Waals surface area contributed by atoms with Crippen LogP contribution < -0.4 is 0 Å². The van der Waals surface area contributed by atoms with E-state index in [0.29, 0.717) is 0 Å². The monoisotopic (exact) mass is 400 g/mol. The van der Waals surface area contributed by atoms with Gasteiger partial charge in [-0.2, -0.15) is 0 Å². The maximum absolute atomic E-state index is 4.88. The molecule has 0 aliphatic rings. The Labute approximate surface area is 172 Å². The molecule has 0 saturated heterocycles. The van der Waals surface area contributed by atoms with Crippen molar-refractivity contribution in [1.82, 2.24) is 9.97 Å².